The number of carboxylic acids is 1. The van der Waals surface area contributed by atoms with E-state index in [4.69, 9.17) is 10.5 Å². The van der Waals surface area contributed by atoms with E-state index in [0.29, 0.717) is 29.4 Å². The molecule has 1 fully saturated rings. The predicted molar refractivity (Wildman–Crippen MR) is 115 cm³/mol. The topological polar surface area (TPSA) is 110 Å². The molecule has 1 aromatic heterocycles. The first-order chi connectivity index (χ1) is 14.6. The molecule has 0 aliphatic heterocycles. The van der Waals surface area contributed by atoms with Crippen LogP contribution < -0.4 is 15.8 Å². The molecule has 30 heavy (non-hydrogen) atoms. The Morgan fingerprint density at radius 1 is 1.03 bits per heavy atom. The molecule has 0 bridgehead atoms. The van der Waals surface area contributed by atoms with Gasteiger partial charge in [-0.3, -0.25) is 4.79 Å². The van der Waals surface area contributed by atoms with Gasteiger partial charge in [0, 0.05) is 6.04 Å². The van der Waals surface area contributed by atoms with Crippen LogP contribution in [-0.2, 0) is 4.79 Å². The van der Waals surface area contributed by atoms with Crippen LogP contribution in [0.4, 0.5) is 11.6 Å². The minimum Gasteiger partial charge on any atom is -0.481 e. The van der Waals surface area contributed by atoms with Crippen LogP contribution in [0.25, 0.3) is 11.1 Å². The maximum atomic E-state index is 11.4. The highest BCUT2D eigenvalue weighted by molar-refractivity contribution is 5.83. The number of anilines is 2. The van der Waals surface area contributed by atoms with Crippen molar-refractivity contribution in [1.82, 2.24) is 9.97 Å². The standard InChI is InChI=1S/C23H24N4O3/c24-21-20(15-9-11-19(12-10-15)30-18-7-2-1-3-8-18)22(26-14-25-21)27-17-6-4-5-16(13-17)23(28)29/h1-3,7-12,14,16-17H,4-6,13H2,(H,28,29)(H3,24,25,26,27)/t16-,17-/m0/s1. The molecule has 2 aromatic carbocycles. The molecule has 1 saturated carbocycles. The third-order valence-corrected chi connectivity index (χ3v) is 5.36. The van der Waals surface area contributed by atoms with E-state index in [1.54, 1.807) is 0 Å². The highest BCUT2D eigenvalue weighted by Gasteiger charge is 2.28. The number of nitrogens with two attached hydrogens (primary N) is 1. The molecule has 3 aromatic rings. The van der Waals surface area contributed by atoms with Gasteiger partial charge in [-0.15, -0.1) is 0 Å². The maximum absolute atomic E-state index is 11.4. The first-order valence-corrected chi connectivity index (χ1v) is 10.0. The van der Waals surface area contributed by atoms with E-state index in [0.717, 1.165) is 30.6 Å². The molecule has 0 unspecified atom stereocenters. The minimum absolute atomic E-state index is 0.0357. The van der Waals surface area contributed by atoms with Crippen LogP contribution in [0.15, 0.2) is 60.9 Å². The molecular weight excluding hydrogens is 380 g/mol. The fraction of sp³-hybridized carbons (Fsp3) is 0.261. The fourth-order valence-electron chi connectivity index (χ4n) is 3.85. The van der Waals surface area contributed by atoms with Crippen LogP contribution in [0.3, 0.4) is 0 Å². The zero-order chi connectivity index (χ0) is 20.9. The molecule has 4 N–H and O–H groups in total. The summed E-state index contributed by atoms with van der Waals surface area (Å²) < 4.78 is 5.85. The van der Waals surface area contributed by atoms with E-state index in [1.165, 1.54) is 6.33 Å². The van der Waals surface area contributed by atoms with Gasteiger partial charge in [-0.1, -0.05) is 36.8 Å². The number of carboxylic acid groups (broad SMARTS) is 1. The molecule has 0 amide bonds. The zero-order valence-electron chi connectivity index (χ0n) is 16.5. The second-order valence-electron chi connectivity index (χ2n) is 7.47. The Balaban J connectivity index is 1.55. The van der Waals surface area contributed by atoms with Gasteiger partial charge >= 0.3 is 5.97 Å². The Morgan fingerprint density at radius 2 is 1.77 bits per heavy atom. The van der Waals surface area contributed by atoms with Gasteiger partial charge in [0.25, 0.3) is 0 Å². The number of aliphatic carboxylic acids is 1. The van der Waals surface area contributed by atoms with Crippen LogP contribution in [0.1, 0.15) is 25.7 Å². The zero-order valence-corrected chi connectivity index (χ0v) is 16.5. The number of hydrogen-bond acceptors (Lipinski definition) is 6. The number of nitrogens with one attached hydrogen (secondary N) is 1. The van der Waals surface area contributed by atoms with Crippen LogP contribution in [0.5, 0.6) is 11.5 Å². The first-order valence-electron chi connectivity index (χ1n) is 10.0. The lowest BCUT2D eigenvalue weighted by molar-refractivity contribution is -0.142. The summed E-state index contributed by atoms with van der Waals surface area (Å²) in [6.45, 7) is 0. The molecule has 1 heterocycles. The molecule has 7 heteroatoms. The molecule has 7 nitrogen and oxygen atoms in total. The lowest BCUT2D eigenvalue weighted by atomic mass is 9.85. The normalized spacial score (nSPS) is 18.5. The Hall–Kier alpha value is -3.61. The van der Waals surface area contributed by atoms with E-state index in [-0.39, 0.29) is 12.0 Å². The van der Waals surface area contributed by atoms with E-state index in [2.05, 4.69) is 15.3 Å². The summed E-state index contributed by atoms with van der Waals surface area (Å²) in [6, 6.07) is 17.2. The van der Waals surface area contributed by atoms with Crippen molar-refractivity contribution in [3.8, 4) is 22.6 Å². The van der Waals surface area contributed by atoms with Crippen molar-refractivity contribution in [1.29, 1.82) is 0 Å². The highest BCUT2D eigenvalue weighted by Crippen LogP contribution is 2.35. The highest BCUT2D eigenvalue weighted by atomic mass is 16.5. The molecule has 1 aliphatic rings. The lowest BCUT2D eigenvalue weighted by Gasteiger charge is -2.28. The molecule has 154 valence electrons. The van der Waals surface area contributed by atoms with Crippen molar-refractivity contribution in [3.05, 3.63) is 60.9 Å². The maximum Gasteiger partial charge on any atom is 0.306 e. The predicted octanol–water partition coefficient (Wildman–Crippen LogP) is 4.57. The number of nitrogens with zero attached hydrogens (tertiary/aromatic N) is 2. The van der Waals surface area contributed by atoms with Gasteiger partial charge in [0.1, 0.15) is 29.5 Å². The molecule has 1 aliphatic carbocycles. The quantitative estimate of drug-likeness (QED) is 0.552. The summed E-state index contributed by atoms with van der Waals surface area (Å²) >= 11 is 0. The van der Waals surface area contributed by atoms with E-state index in [9.17, 15) is 9.90 Å². The van der Waals surface area contributed by atoms with Crippen molar-refractivity contribution in [3.63, 3.8) is 0 Å². The lowest BCUT2D eigenvalue weighted by Crippen LogP contribution is -2.31. The fourth-order valence-corrected chi connectivity index (χ4v) is 3.85. The van der Waals surface area contributed by atoms with E-state index in [1.807, 2.05) is 54.6 Å². The van der Waals surface area contributed by atoms with Crippen LogP contribution in [0, 0.1) is 5.92 Å². The average Bonchev–Trinajstić information content (AvgIpc) is 2.76. The Bertz CT molecular complexity index is 1010. The summed E-state index contributed by atoms with van der Waals surface area (Å²) in [6.07, 6.45) is 4.48. The van der Waals surface area contributed by atoms with Crippen molar-refractivity contribution in [2.24, 2.45) is 5.92 Å². The molecule has 0 radical (unpaired) electrons. The number of hydrogen-bond donors (Lipinski definition) is 3. The smallest absolute Gasteiger partial charge is 0.306 e. The summed E-state index contributed by atoms with van der Waals surface area (Å²) in [5, 5.41) is 12.7. The number of aromatic nitrogens is 2. The number of rotatable bonds is 6. The van der Waals surface area contributed by atoms with E-state index >= 15 is 0 Å². The largest absolute Gasteiger partial charge is 0.481 e. The molecule has 0 saturated heterocycles. The molecular formula is C23H24N4O3. The Kier molecular flexibility index (Phi) is 5.79. The van der Waals surface area contributed by atoms with Crippen LogP contribution in [0.2, 0.25) is 0 Å². The number of para-hydroxylation sites is 1. The molecule has 0 spiro atoms. The molecule has 4 rings (SSSR count). The van der Waals surface area contributed by atoms with Crippen molar-refractivity contribution < 1.29 is 14.6 Å². The SMILES string of the molecule is Nc1ncnc(N[C@H]2CCC[C@H](C(=O)O)C2)c1-c1ccc(Oc2ccccc2)cc1. The summed E-state index contributed by atoms with van der Waals surface area (Å²) in [7, 11) is 0. The first kappa shape index (κ1) is 19.7. The number of carbonyl (C=O) groups is 1. The summed E-state index contributed by atoms with van der Waals surface area (Å²) in [4.78, 5) is 19.9. The van der Waals surface area contributed by atoms with Crippen LogP contribution >= 0.6 is 0 Å². The summed E-state index contributed by atoms with van der Waals surface area (Å²) in [5.41, 5.74) is 7.75. The van der Waals surface area contributed by atoms with Gasteiger partial charge in [0.2, 0.25) is 0 Å². The van der Waals surface area contributed by atoms with Gasteiger partial charge in [-0.2, -0.15) is 0 Å². The third-order valence-electron chi connectivity index (χ3n) is 5.36. The van der Waals surface area contributed by atoms with Gasteiger partial charge < -0.3 is 20.9 Å². The Morgan fingerprint density at radius 3 is 2.50 bits per heavy atom. The monoisotopic (exact) mass is 404 g/mol. The van der Waals surface area contributed by atoms with E-state index < -0.39 is 5.97 Å². The van der Waals surface area contributed by atoms with Crippen LogP contribution in [-0.4, -0.2) is 27.1 Å². The Labute approximate surface area is 174 Å². The third kappa shape index (κ3) is 4.51. The second kappa shape index (κ2) is 8.82. The van der Waals surface area contributed by atoms with Gasteiger partial charge in [0.15, 0.2) is 0 Å². The number of nitrogen functional groups attached to an aromatic ring is 1. The second-order valence-corrected chi connectivity index (χ2v) is 7.47. The van der Waals surface area contributed by atoms with Gasteiger partial charge in [-0.05, 0) is 49.1 Å². The molecule has 2 atom stereocenters. The van der Waals surface area contributed by atoms with Gasteiger partial charge in [-0.25, -0.2) is 9.97 Å². The number of benzene rings is 2. The van der Waals surface area contributed by atoms with Crippen molar-refractivity contribution in [2.45, 2.75) is 31.7 Å². The van der Waals surface area contributed by atoms with Crippen molar-refractivity contribution >= 4 is 17.6 Å². The minimum atomic E-state index is -0.738. The summed E-state index contributed by atoms with van der Waals surface area (Å²) in [5.74, 6) is 1.41. The average molecular weight is 404 g/mol. The van der Waals surface area contributed by atoms with Crippen molar-refractivity contribution in [2.75, 3.05) is 11.1 Å². The van der Waals surface area contributed by atoms with Gasteiger partial charge in [0.05, 0.1) is 11.5 Å². The number of ether oxygens (including phenoxy) is 1.